The minimum atomic E-state index is -4.19. The molecular weight excluding hydrogens is 456 g/mol. The summed E-state index contributed by atoms with van der Waals surface area (Å²) < 4.78 is 53.1. The highest BCUT2D eigenvalue weighted by Gasteiger charge is 2.21. The van der Waals surface area contributed by atoms with Crippen LogP contribution in [0.25, 0.3) is 0 Å². The standard InChI is InChI=1S/C19H12ClF2N3O5S/c20-11-1-8-18(25(27)28)15(9-11)19(26)23-12-2-4-13(5-3-12)24-31(29,30)14-6-7-16(21)17(22)10-14/h1-10,24H,(H,23,26). The van der Waals surface area contributed by atoms with Gasteiger partial charge in [-0.25, -0.2) is 17.2 Å². The smallest absolute Gasteiger partial charge is 0.282 e. The highest BCUT2D eigenvalue weighted by atomic mass is 35.5. The number of benzene rings is 3. The minimum Gasteiger partial charge on any atom is -0.322 e. The fraction of sp³-hybridized carbons (Fsp3) is 0. The van der Waals surface area contributed by atoms with E-state index in [2.05, 4.69) is 10.0 Å². The number of hydrogen-bond donors (Lipinski definition) is 2. The van der Waals surface area contributed by atoms with Crippen molar-refractivity contribution in [1.82, 2.24) is 0 Å². The molecule has 0 aliphatic carbocycles. The van der Waals surface area contributed by atoms with E-state index in [0.29, 0.717) is 12.1 Å². The normalized spacial score (nSPS) is 11.1. The highest BCUT2D eigenvalue weighted by Crippen LogP contribution is 2.25. The quantitative estimate of drug-likeness (QED) is 0.406. The number of nitrogens with zero attached hydrogens (tertiary/aromatic N) is 1. The van der Waals surface area contributed by atoms with E-state index in [9.17, 15) is 32.1 Å². The van der Waals surface area contributed by atoms with Crippen molar-refractivity contribution >= 4 is 44.6 Å². The first kappa shape index (κ1) is 22.1. The zero-order valence-corrected chi connectivity index (χ0v) is 16.9. The summed E-state index contributed by atoms with van der Waals surface area (Å²) in [6, 6.07) is 11.0. The third kappa shape index (κ3) is 5.13. The molecule has 3 rings (SSSR count). The zero-order chi connectivity index (χ0) is 22.8. The van der Waals surface area contributed by atoms with Crippen molar-refractivity contribution in [2.24, 2.45) is 0 Å². The molecule has 3 aromatic rings. The number of hydrogen-bond acceptors (Lipinski definition) is 5. The van der Waals surface area contributed by atoms with Crippen molar-refractivity contribution in [3.8, 4) is 0 Å². The van der Waals surface area contributed by atoms with Crippen LogP contribution in [-0.4, -0.2) is 19.2 Å². The summed E-state index contributed by atoms with van der Waals surface area (Å²) in [7, 11) is -4.19. The molecule has 0 radical (unpaired) electrons. The third-order valence-electron chi connectivity index (χ3n) is 4.00. The van der Waals surface area contributed by atoms with Crippen molar-refractivity contribution in [3.63, 3.8) is 0 Å². The maximum atomic E-state index is 13.3. The van der Waals surface area contributed by atoms with Crippen molar-refractivity contribution in [1.29, 1.82) is 0 Å². The van der Waals surface area contributed by atoms with Crippen molar-refractivity contribution in [3.05, 3.63) is 93.0 Å². The molecule has 0 spiro atoms. The number of halogens is 3. The molecule has 0 fully saturated rings. The molecule has 0 heterocycles. The molecule has 8 nitrogen and oxygen atoms in total. The predicted molar refractivity (Wildman–Crippen MR) is 110 cm³/mol. The number of nitrogens with one attached hydrogen (secondary N) is 2. The monoisotopic (exact) mass is 467 g/mol. The number of nitro groups is 1. The Bertz CT molecular complexity index is 1280. The average molecular weight is 468 g/mol. The minimum absolute atomic E-state index is 0.0801. The van der Waals surface area contributed by atoms with Crippen LogP contribution in [0.2, 0.25) is 5.02 Å². The summed E-state index contributed by atoms with van der Waals surface area (Å²) >= 11 is 5.81. The lowest BCUT2D eigenvalue weighted by atomic mass is 10.1. The fourth-order valence-electron chi connectivity index (χ4n) is 2.53. The molecule has 0 saturated carbocycles. The molecule has 0 unspecified atom stereocenters. The summed E-state index contributed by atoms with van der Waals surface area (Å²) in [6.07, 6.45) is 0. The first-order chi connectivity index (χ1) is 14.6. The molecule has 12 heteroatoms. The second-order valence-corrected chi connectivity index (χ2v) is 8.25. The van der Waals surface area contributed by atoms with Gasteiger partial charge in [-0.05, 0) is 54.6 Å². The number of rotatable bonds is 6. The van der Waals surface area contributed by atoms with Crippen LogP contribution in [0.3, 0.4) is 0 Å². The van der Waals surface area contributed by atoms with Crippen LogP contribution >= 0.6 is 11.6 Å². The lowest BCUT2D eigenvalue weighted by molar-refractivity contribution is -0.385. The number of amides is 1. The van der Waals surface area contributed by atoms with Crippen LogP contribution in [0.4, 0.5) is 25.8 Å². The molecule has 0 aliphatic rings. The molecule has 2 N–H and O–H groups in total. The van der Waals surface area contributed by atoms with E-state index in [1.165, 1.54) is 30.3 Å². The van der Waals surface area contributed by atoms with E-state index in [-0.39, 0.29) is 22.0 Å². The van der Waals surface area contributed by atoms with Crippen LogP contribution in [-0.2, 0) is 10.0 Å². The molecule has 0 saturated heterocycles. The molecule has 0 bridgehead atoms. The average Bonchev–Trinajstić information content (AvgIpc) is 2.71. The highest BCUT2D eigenvalue weighted by molar-refractivity contribution is 7.92. The van der Waals surface area contributed by atoms with Crippen molar-refractivity contribution in [2.75, 3.05) is 10.0 Å². The molecule has 160 valence electrons. The lowest BCUT2D eigenvalue weighted by Gasteiger charge is -2.10. The first-order valence-electron chi connectivity index (χ1n) is 8.40. The van der Waals surface area contributed by atoms with E-state index in [1.54, 1.807) is 0 Å². The van der Waals surface area contributed by atoms with Gasteiger partial charge in [-0.2, -0.15) is 0 Å². The Morgan fingerprint density at radius 1 is 0.935 bits per heavy atom. The molecule has 0 aliphatic heterocycles. The SMILES string of the molecule is O=C(Nc1ccc(NS(=O)(=O)c2ccc(F)c(F)c2)cc1)c1cc(Cl)ccc1[N+](=O)[O-]. The van der Waals surface area contributed by atoms with E-state index in [1.807, 2.05) is 0 Å². The summed E-state index contributed by atoms with van der Waals surface area (Å²) in [5, 5.41) is 13.7. The molecule has 3 aromatic carbocycles. The number of sulfonamides is 1. The molecular formula is C19H12ClF2N3O5S. The lowest BCUT2D eigenvalue weighted by Crippen LogP contribution is -2.15. The van der Waals surface area contributed by atoms with Gasteiger partial charge in [0.1, 0.15) is 5.56 Å². The van der Waals surface area contributed by atoms with Gasteiger partial charge in [-0.3, -0.25) is 19.6 Å². The first-order valence-corrected chi connectivity index (χ1v) is 10.3. The number of carbonyl (C=O) groups excluding carboxylic acids is 1. The van der Waals surface area contributed by atoms with Crippen LogP contribution in [0, 0.1) is 21.7 Å². The number of carbonyl (C=O) groups is 1. The van der Waals surface area contributed by atoms with Gasteiger partial charge in [0.25, 0.3) is 21.6 Å². The van der Waals surface area contributed by atoms with Crippen LogP contribution in [0.5, 0.6) is 0 Å². The van der Waals surface area contributed by atoms with Crippen molar-refractivity contribution < 1.29 is 26.9 Å². The molecule has 1 amide bonds. The van der Waals surface area contributed by atoms with Gasteiger partial charge in [0.15, 0.2) is 11.6 Å². The number of anilines is 2. The van der Waals surface area contributed by atoms with Gasteiger partial charge in [0, 0.05) is 22.5 Å². The van der Waals surface area contributed by atoms with Gasteiger partial charge < -0.3 is 5.32 Å². The van der Waals surface area contributed by atoms with Crippen molar-refractivity contribution in [2.45, 2.75) is 4.90 Å². The van der Waals surface area contributed by atoms with Crippen LogP contribution < -0.4 is 10.0 Å². The number of nitro benzene ring substituents is 1. The Morgan fingerprint density at radius 2 is 1.58 bits per heavy atom. The van der Waals surface area contributed by atoms with E-state index in [4.69, 9.17) is 11.6 Å². The Morgan fingerprint density at radius 3 is 2.19 bits per heavy atom. The van der Waals surface area contributed by atoms with E-state index >= 15 is 0 Å². The molecule has 0 aromatic heterocycles. The topological polar surface area (TPSA) is 118 Å². The predicted octanol–water partition coefficient (Wildman–Crippen LogP) is 4.58. The second kappa shape index (κ2) is 8.66. The Labute approximate surface area is 179 Å². The van der Waals surface area contributed by atoms with Gasteiger partial charge in [-0.15, -0.1) is 0 Å². The third-order valence-corrected chi connectivity index (χ3v) is 5.61. The fourth-order valence-corrected chi connectivity index (χ4v) is 3.77. The molecule has 0 atom stereocenters. The summed E-state index contributed by atoms with van der Waals surface area (Å²) in [5.74, 6) is -3.28. The van der Waals surface area contributed by atoms with Crippen LogP contribution in [0.1, 0.15) is 10.4 Å². The maximum Gasteiger partial charge on any atom is 0.282 e. The van der Waals surface area contributed by atoms with E-state index < -0.39 is 43.1 Å². The second-order valence-electron chi connectivity index (χ2n) is 6.13. The van der Waals surface area contributed by atoms with E-state index in [0.717, 1.165) is 18.2 Å². The summed E-state index contributed by atoms with van der Waals surface area (Å²) in [6.45, 7) is 0. The van der Waals surface area contributed by atoms with Crippen LogP contribution in [0.15, 0.2) is 65.6 Å². The summed E-state index contributed by atoms with van der Waals surface area (Å²) in [4.78, 5) is 22.3. The van der Waals surface area contributed by atoms with Gasteiger partial charge in [-0.1, -0.05) is 11.6 Å². The molecule has 31 heavy (non-hydrogen) atoms. The van der Waals surface area contributed by atoms with Gasteiger partial charge in [0.2, 0.25) is 0 Å². The Kier molecular flexibility index (Phi) is 6.18. The Hall–Kier alpha value is -3.57. The largest absolute Gasteiger partial charge is 0.322 e. The summed E-state index contributed by atoms with van der Waals surface area (Å²) in [5.41, 5.74) is -0.384. The van der Waals surface area contributed by atoms with Gasteiger partial charge in [0.05, 0.1) is 9.82 Å². The van der Waals surface area contributed by atoms with Gasteiger partial charge >= 0.3 is 0 Å². The maximum absolute atomic E-state index is 13.3. The zero-order valence-electron chi connectivity index (χ0n) is 15.3. The Balaban J connectivity index is 1.76.